The van der Waals surface area contributed by atoms with Gasteiger partial charge in [0.05, 0.1) is 6.61 Å². The summed E-state index contributed by atoms with van der Waals surface area (Å²) in [7, 11) is 0. The lowest BCUT2D eigenvalue weighted by Crippen LogP contribution is -2.25. The van der Waals surface area contributed by atoms with Gasteiger partial charge in [0.15, 0.2) is 18.5 Å². The summed E-state index contributed by atoms with van der Waals surface area (Å²) in [5, 5.41) is 0.542. The lowest BCUT2D eigenvalue weighted by Gasteiger charge is -2.10. The van der Waals surface area contributed by atoms with Gasteiger partial charge in [0.2, 0.25) is 0 Å². The van der Waals surface area contributed by atoms with Crippen molar-refractivity contribution < 1.29 is 19.1 Å². The van der Waals surface area contributed by atoms with E-state index in [2.05, 4.69) is 6.58 Å². The highest BCUT2D eigenvalue weighted by atomic mass is 35.5. The molecule has 0 amide bonds. The van der Waals surface area contributed by atoms with Gasteiger partial charge < -0.3 is 9.47 Å². The lowest BCUT2D eigenvalue weighted by molar-refractivity contribution is -0.154. The number of Topliss-reactive ketones (excluding diaryl/α,β-unsaturated/α-hetero) is 1. The first-order valence-electron chi connectivity index (χ1n) is 5.72. The standard InChI is InChI=1S/C14H15ClO4/c1-3-8-18-10(2)14(17)19-9-13(16)11-4-6-12(15)7-5-11/h3-7,10H,1,8-9H2,2H3. The molecular formula is C14H15ClO4. The molecule has 0 spiro atoms. The first-order valence-corrected chi connectivity index (χ1v) is 6.10. The Kier molecular flexibility index (Phi) is 6.25. The summed E-state index contributed by atoms with van der Waals surface area (Å²) in [4.78, 5) is 23.2. The molecule has 5 heteroatoms. The predicted molar refractivity (Wildman–Crippen MR) is 72.4 cm³/mol. The van der Waals surface area contributed by atoms with Gasteiger partial charge in [0.25, 0.3) is 0 Å². The zero-order valence-corrected chi connectivity index (χ0v) is 11.4. The van der Waals surface area contributed by atoms with Crippen molar-refractivity contribution in [3.05, 3.63) is 47.5 Å². The van der Waals surface area contributed by atoms with Gasteiger partial charge in [-0.25, -0.2) is 4.79 Å². The number of hydrogen-bond acceptors (Lipinski definition) is 4. The van der Waals surface area contributed by atoms with Crippen LogP contribution in [-0.4, -0.2) is 31.1 Å². The van der Waals surface area contributed by atoms with E-state index in [9.17, 15) is 9.59 Å². The van der Waals surface area contributed by atoms with Crippen molar-refractivity contribution in [2.45, 2.75) is 13.0 Å². The summed E-state index contributed by atoms with van der Waals surface area (Å²) in [5.41, 5.74) is 0.442. The Morgan fingerprint density at radius 2 is 2.00 bits per heavy atom. The van der Waals surface area contributed by atoms with Gasteiger partial charge in [-0.2, -0.15) is 0 Å². The third-order valence-corrected chi connectivity index (χ3v) is 2.56. The van der Waals surface area contributed by atoms with Crippen LogP contribution in [0, 0.1) is 0 Å². The maximum Gasteiger partial charge on any atom is 0.335 e. The minimum atomic E-state index is -0.726. The van der Waals surface area contributed by atoms with Crippen LogP contribution < -0.4 is 0 Å². The molecule has 19 heavy (non-hydrogen) atoms. The number of rotatable bonds is 7. The van der Waals surface area contributed by atoms with Gasteiger partial charge in [-0.3, -0.25) is 4.79 Å². The first-order chi connectivity index (χ1) is 9.04. The molecule has 1 aromatic carbocycles. The third-order valence-electron chi connectivity index (χ3n) is 2.31. The molecule has 0 bridgehead atoms. The summed E-state index contributed by atoms with van der Waals surface area (Å²) in [6, 6.07) is 6.37. The molecule has 0 saturated heterocycles. The molecule has 0 aliphatic carbocycles. The largest absolute Gasteiger partial charge is 0.455 e. The van der Waals surface area contributed by atoms with E-state index in [-0.39, 0.29) is 19.0 Å². The third kappa shape index (κ3) is 5.24. The van der Waals surface area contributed by atoms with Crippen LogP contribution in [0.15, 0.2) is 36.9 Å². The molecule has 0 radical (unpaired) electrons. The van der Waals surface area contributed by atoms with E-state index < -0.39 is 12.1 Å². The Labute approximate surface area is 117 Å². The van der Waals surface area contributed by atoms with E-state index >= 15 is 0 Å². The van der Waals surface area contributed by atoms with Crippen molar-refractivity contribution in [1.29, 1.82) is 0 Å². The molecule has 4 nitrogen and oxygen atoms in total. The number of carbonyl (C=O) groups excluding carboxylic acids is 2. The van der Waals surface area contributed by atoms with Crippen LogP contribution >= 0.6 is 11.6 Å². The molecule has 1 unspecified atom stereocenters. The van der Waals surface area contributed by atoms with Crippen molar-refractivity contribution in [3.8, 4) is 0 Å². The summed E-state index contributed by atoms with van der Waals surface area (Å²) in [5.74, 6) is -0.870. The fourth-order valence-electron chi connectivity index (χ4n) is 1.25. The first kappa shape index (κ1) is 15.4. The van der Waals surface area contributed by atoms with Crippen LogP contribution in [0.25, 0.3) is 0 Å². The van der Waals surface area contributed by atoms with Gasteiger partial charge in [0, 0.05) is 10.6 Å². The van der Waals surface area contributed by atoms with E-state index in [1.807, 2.05) is 0 Å². The topological polar surface area (TPSA) is 52.6 Å². The zero-order chi connectivity index (χ0) is 14.3. The molecule has 1 atom stereocenters. The quantitative estimate of drug-likeness (QED) is 0.438. The molecule has 1 rings (SSSR count). The summed E-state index contributed by atoms with van der Waals surface area (Å²) >= 11 is 5.71. The van der Waals surface area contributed by atoms with Crippen LogP contribution in [0.4, 0.5) is 0 Å². The second-order valence-corrected chi connectivity index (χ2v) is 4.24. The van der Waals surface area contributed by atoms with Crippen molar-refractivity contribution in [2.24, 2.45) is 0 Å². The molecular weight excluding hydrogens is 268 g/mol. The van der Waals surface area contributed by atoms with E-state index in [4.69, 9.17) is 21.1 Å². The maximum atomic E-state index is 11.7. The Morgan fingerprint density at radius 1 is 1.37 bits per heavy atom. The Morgan fingerprint density at radius 3 is 2.58 bits per heavy atom. The molecule has 1 aromatic rings. The second-order valence-electron chi connectivity index (χ2n) is 3.80. The lowest BCUT2D eigenvalue weighted by atomic mass is 10.1. The predicted octanol–water partition coefficient (Wildman–Crippen LogP) is 2.66. The van der Waals surface area contributed by atoms with Gasteiger partial charge in [-0.05, 0) is 31.2 Å². The van der Waals surface area contributed by atoms with Crippen molar-refractivity contribution in [3.63, 3.8) is 0 Å². The number of carbonyl (C=O) groups is 2. The summed E-state index contributed by atoms with van der Waals surface area (Å²) < 4.78 is 9.95. The van der Waals surface area contributed by atoms with Gasteiger partial charge in [-0.1, -0.05) is 17.7 Å². The van der Waals surface area contributed by atoms with Crippen LogP contribution in [0.2, 0.25) is 5.02 Å². The maximum absolute atomic E-state index is 11.7. The number of ether oxygens (including phenoxy) is 2. The van der Waals surface area contributed by atoms with Crippen molar-refractivity contribution in [1.82, 2.24) is 0 Å². The van der Waals surface area contributed by atoms with E-state index in [1.165, 1.54) is 6.08 Å². The number of hydrogen-bond donors (Lipinski definition) is 0. The molecule has 0 saturated carbocycles. The number of esters is 1. The van der Waals surface area contributed by atoms with Crippen LogP contribution in [0.1, 0.15) is 17.3 Å². The Balaban J connectivity index is 2.43. The number of ketones is 1. The normalized spacial score (nSPS) is 11.7. The monoisotopic (exact) mass is 282 g/mol. The number of halogens is 1. The smallest absolute Gasteiger partial charge is 0.335 e. The fourth-order valence-corrected chi connectivity index (χ4v) is 1.38. The van der Waals surface area contributed by atoms with Crippen LogP contribution in [0.3, 0.4) is 0 Å². The highest BCUT2D eigenvalue weighted by Gasteiger charge is 2.16. The average Bonchev–Trinajstić information content (AvgIpc) is 2.42. The van der Waals surface area contributed by atoms with Crippen molar-refractivity contribution >= 4 is 23.4 Å². The number of benzene rings is 1. The average molecular weight is 283 g/mol. The Hall–Kier alpha value is -1.65. The van der Waals surface area contributed by atoms with Crippen LogP contribution in [-0.2, 0) is 14.3 Å². The molecule has 0 fully saturated rings. The molecule has 0 heterocycles. The SMILES string of the molecule is C=CCOC(C)C(=O)OCC(=O)c1ccc(Cl)cc1. The van der Waals surface area contributed by atoms with Gasteiger partial charge in [-0.15, -0.1) is 6.58 Å². The molecule has 0 aromatic heterocycles. The van der Waals surface area contributed by atoms with Gasteiger partial charge in [0.1, 0.15) is 0 Å². The highest BCUT2D eigenvalue weighted by Crippen LogP contribution is 2.10. The summed E-state index contributed by atoms with van der Waals surface area (Å²) in [6.45, 7) is 4.96. The minimum absolute atomic E-state index is 0.251. The zero-order valence-electron chi connectivity index (χ0n) is 10.6. The van der Waals surface area contributed by atoms with Crippen molar-refractivity contribution in [2.75, 3.05) is 13.2 Å². The highest BCUT2D eigenvalue weighted by molar-refractivity contribution is 6.30. The molecule has 102 valence electrons. The van der Waals surface area contributed by atoms with E-state index in [0.717, 1.165) is 0 Å². The molecule has 0 N–H and O–H groups in total. The van der Waals surface area contributed by atoms with Crippen LogP contribution in [0.5, 0.6) is 0 Å². The van der Waals surface area contributed by atoms with E-state index in [0.29, 0.717) is 10.6 Å². The van der Waals surface area contributed by atoms with E-state index in [1.54, 1.807) is 31.2 Å². The second kappa shape index (κ2) is 7.71. The molecule has 0 aliphatic heterocycles. The molecule has 0 aliphatic rings. The summed E-state index contributed by atoms with van der Waals surface area (Å²) in [6.07, 6.45) is 0.804. The van der Waals surface area contributed by atoms with Gasteiger partial charge >= 0.3 is 5.97 Å². The minimum Gasteiger partial charge on any atom is -0.455 e. The Bertz CT molecular complexity index is 453. The fraction of sp³-hybridized carbons (Fsp3) is 0.286.